The van der Waals surface area contributed by atoms with E-state index in [0.717, 1.165) is 11.8 Å². The monoisotopic (exact) mass is 362 g/mol. The Labute approximate surface area is 152 Å². The molecular weight excluding hydrogens is 340 g/mol. The number of benzene rings is 1. The van der Waals surface area contributed by atoms with Gasteiger partial charge in [-0.05, 0) is 74.0 Å². The first-order valence-electron chi connectivity index (χ1n) is 9.22. The van der Waals surface area contributed by atoms with Gasteiger partial charge in [0.25, 0.3) is 0 Å². The molecule has 0 aliphatic heterocycles. The van der Waals surface area contributed by atoms with Crippen molar-refractivity contribution >= 4 is 23.5 Å². The minimum atomic E-state index is -0.440. The number of carbonyl (C=O) groups excluding carboxylic acids is 2. The molecule has 4 aliphatic rings. The molecule has 0 aromatic heterocycles. The Morgan fingerprint density at radius 2 is 1.60 bits per heavy atom. The van der Waals surface area contributed by atoms with E-state index in [1.54, 1.807) is 24.3 Å². The van der Waals surface area contributed by atoms with Crippen LogP contribution < -0.4 is 4.74 Å². The average molecular weight is 363 g/mol. The van der Waals surface area contributed by atoms with Crippen LogP contribution in [0.4, 0.5) is 0 Å². The summed E-state index contributed by atoms with van der Waals surface area (Å²) in [5.41, 5.74) is 0. The predicted molar refractivity (Wildman–Crippen MR) is 93.2 cm³/mol. The van der Waals surface area contributed by atoms with Crippen LogP contribution >= 0.6 is 11.6 Å². The Kier molecular flexibility index (Phi) is 4.72. The van der Waals surface area contributed by atoms with Gasteiger partial charge in [-0.3, -0.25) is 9.59 Å². The molecule has 4 fully saturated rings. The molecule has 0 unspecified atom stereocenters. The molecule has 25 heavy (non-hydrogen) atoms. The maximum absolute atomic E-state index is 12.2. The summed E-state index contributed by atoms with van der Waals surface area (Å²) >= 11 is 5.86. The molecule has 4 bridgehead atoms. The van der Waals surface area contributed by atoms with Crippen LogP contribution in [0.15, 0.2) is 24.3 Å². The van der Waals surface area contributed by atoms with E-state index in [9.17, 15) is 9.59 Å². The fraction of sp³-hybridized carbons (Fsp3) is 0.600. The molecule has 4 aliphatic carbocycles. The van der Waals surface area contributed by atoms with Gasteiger partial charge in [0.2, 0.25) is 0 Å². The summed E-state index contributed by atoms with van der Waals surface area (Å²) in [6.45, 7) is 0. The number of ether oxygens (including phenoxy) is 2. The predicted octanol–water partition coefficient (Wildman–Crippen LogP) is 4.39. The lowest BCUT2D eigenvalue weighted by molar-refractivity contribution is -0.171. The zero-order valence-corrected chi connectivity index (χ0v) is 14.9. The minimum absolute atomic E-state index is 0.0264. The van der Waals surface area contributed by atoms with Crippen LogP contribution in [0.5, 0.6) is 5.75 Å². The third-order valence-corrected chi connectivity index (χ3v) is 6.20. The summed E-state index contributed by atoms with van der Waals surface area (Å²) < 4.78 is 11.0. The van der Waals surface area contributed by atoms with Crippen molar-refractivity contribution < 1.29 is 19.1 Å². The lowest BCUT2D eigenvalue weighted by Crippen LogP contribution is -2.50. The molecule has 0 heterocycles. The highest BCUT2D eigenvalue weighted by Gasteiger charge is 2.49. The van der Waals surface area contributed by atoms with Crippen LogP contribution in [0.25, 0.3) is 0 Å². The molecule has 5 rings (SSSR count). The first kappa shape index (κ1) is 16.9. The second-order valence-electron chi connectivity index (χ2n) is 7.82. The molecule has 1 aromatic carbocycles. The smallest absolute Gasteiger partial charge is 0.311 e. The summed E-state index contributed by atoms with van der Waals surface area (Å²) in [4.78, 5) is 24.1. The van der Waals surface area contributed by atoms with Crippen molar-refractivity contribution in [3.8, 4) is 5.75 Å². The number of hydrogen-bond acceptors (Lipinski definition) is 4. The largest absolute Gasteiger partial charge is 0.462 e. The third kappa shape index (κ3) is 3.84. The average Bonchev–Trinajstić information content (AvgIpc) is 2.56. The number of hydrogen-bond donors (Lipinski definition) is 0. The Morgan fingerprint density at radius 3 is 2.24 bits per heavy atom. The van der Waals surface area contributed by atoms with E-state index in [1.165, 1.54) is 32.1 Å². The van der Waals surface area contributed by atoms with Gasteiger partial charge in [0.05, 0.1) is 12.8 Å². The van der Waals surface area contributed by atoms with Gasteiger partial charge >= 0.3 is 11.9 Å². The van der Waals surface area contributed by atoms with Crippen molar-refractivity contribution in [1.29, 1.82) is 0 Å². The van der Waals surface area contributed by atoms with Crippen molar-refractivity contribution in [2.75, 3.05) is 0 Å². The van der Waals surface area contributed by atoms with E-state index in [2.05, 4.69) is 0 Å². The zero-order valence-electron chi connectivity index (χ0n) is 14.2. The fourth-order valence-corrected chi connectivity index (χ4v) is 5.38. The summed E-state index contributed by atoms with van der Waals surface area (Å²) in [7, 11) is 0. The van der Waals surface area contributed by atoms with Crippen LogP contribution in [0.1, 0.15) is 44.9 Å². The van der Waals surface area contributed by atoms with Crippen molar-refractivity contribution in [1.82, 2.24) is 0 Å². The van der Waals surface area contributed by atoms with Gasteiger partial charge in [-0.2, -0.15) is 0 Å². The van der Waals surface area contributed by atoms with Crippen LogP contribution in [0.2, 0.25) is 5.02 Å². The standard InChI is InChI=1S/C20H23ClO4/c21-16-2-1-3-17(11-16)24-18(22)4-5-19(23)25-20-14-7-12-6-13(9-14)10-15(20)8-12/h1-3,11-15,20H,4-10H2. The highest BCUT2D eigenvalue weighted by atomic mass is 35.5. The number of carbonyl (C=O) groups is 2. The first-order chi connectivity index (χ1) is 12.1. The quantitative estimate of drug-likeness (QED) is 0.575. The molecule has 0 saturated heterocycles. The van der Waals surface area contributed by atoms with Gasteiger partial charge in [-0.15, -0.1) is 0 Å². The zero-order chi connectivity index (χ0) is 17.4. The SMILES string of the molecule is O=C(CCC(=O)OC1C2CC3CC(C2)CC1C3)Oc1cccc(Cl)c1. The van der Waals surface area contributed by atoms with Crippen LogP contribution in [-0.2, 0) is 14.3 Å². The molecule has 0 atom stereocenters. The van der Waals surface area contributed by atoms with Gasteiger partial charge in [-0.25, -0.2) is 0 Å². The lowest BCUT2D eigenvalue weighted by Gasteiger charge is -2.53. The van der Waals surface area contributed by atoms with Crippen LogP contribution in [0.3, 0.4) is 0 Å². The summed E-state index contributed by atoms with van der Waals surface area (Å²) in [6.07, 6.45) is 6.39. The second kappa shape index (κ2) is 6.99. The van der Waals surface area contributed by atoms with Gasteiger partial charge in [0, 0.05) is 5.02 Å². The molecule has 134 valence electrons. The van der Waals surface area contributed by atoms with Crippen molar-refractivity contribution in [2.24, 2.45) is 23.7 Å². The summed E-state index contributed by atoms with van der Waals surface area (Å²) in [6, 6.07) is 6.66. The summed E-state index contributed by atoms with van der Waals surface area (Å²) in [5.74, 6) is 2.46. The van der Waals surface area contributed by atoms with E-state index >= 15 is 0 Å². The highest BCUT2D eigenvalue weighted by molar-refractivity contribution is 6.30. The van der Waals surface area contributed by atoms with E-state index < -0.39 is 5.97 Å². The van der Waals surface area contributed by atoms with Gasteiger partial charge in [0.1, 0.15) is 11.9 Å². The molecule has 4 saturated carbocycles. The Morgan fingerprint density at radius 1 is 0.960 bits per heavy atom. The molecule has 1 aromatic rings. The molecule has 0 spiro atoms. The molecule has 5 heteroatoms. The van der Waals surface area contributed by atoms with Crippen molar-refractivity contribution in [3.63, 3.8) is 0 Å². The third-order valence-electron chi connectivity index (χ3n) is 5.97. The number of halogens is 1. The molecule has 4 nitrogen and oxygen atoms in total. The minimum Gasteiger partial charge on any atom is -0.462 e. The van der Waals surface area contributed by atoms with Crippen molar-refractivity contribution in [3.05, 3.63) is 29.3 Å². The topological polar surface area (TPSA) is 52.6 Å². The van der Waals surface area contributed by atoms with Crippen LogP contribution in [0, 0.1) is 23.7 Å². The van der Waals surface area contributed by atoms with E-state index in [4.69, 9.17) is 21.1 Å². The van der Waals surface area contributed by atoms with Gasteiger partial charge < -0.3 is 9.47 Å². The second-order valence-corrected chi connectivity index (χ2v) is 8.25. The van der Waals surface area contributed by atoms with E-state index in [1.807, 2.05) is 0 Å². The maximum atomic E-state index is 12.2. The normalized spacial score (nSPS) is 32.4. The number of rotatable bonds is 5. The van der Waals surface area contributed by atoms with Crippen LogP contribution in [-0.4, -0.2) is 18.0 Å². The van der Waals surface area contributed by atoms with Gasteiger partial charge in [-0.1, -0.05) is 17.7 Å². The Hall–Kier alpha value is -1.55. The first-order valence-corrected chi connectivity index (χ1v) is 9.60. The molecular formula is C20H23ClO4. The molecule has 0 N–H and O–H groups in total. The number of esters is 2. The summed E-state index contributed by atoms with van der Waals surface area (Å²) in [5, 5.41) is 0.506. The van der Waals surface area contributed by atoms with Crippen molar-refractivity contribution in [2.45, 2.75) is 51.0 Å². The van der Waals surface area contributed by atoms with E-state index in [0.29, 0.717) is 22.6 Å². The van der Waals surface area contributed by atoms with Gasteiger partial charge in [0.15, 0.2) is 0 Å². The lowest BCUT2D eigenvalue weighted by atomic mass is 9.55. The molecule has 0 radical (unpaired) electrons. The fourth-order valence-electron chi connectivity index (χ4n) is 5.20. The highest BCUT2D eigenvalue weighted by Crippen LogP contribution is 2.54. The Balaban J connectivity index is 1.25. The maximum Gasteiger partial charge on any atom is 0.311 e. The van der Waals surface area contributed by atoms with E-state index in [-0.39, 0.29) is 24.9 Å². The Bertz CT molecular complexity index is 643. The molecule has 0 amide bonds.